The lowest BCUT2D eigenvalue weighted by Crippen LogP contribution is -2.76. The summed E-state index contributed by atoms with van der Waals surface area (Å²) < 4.78 is 11.5. The monoisotopic (exact) mass is 474 g/mol. The first-order chi connectivity index (χ1) is 16.1. The molecule has 11 nitrogen and oxygen atoms in total. The molecule has 2 heterocycles. The minimum atomic E-state index is -1.45. The van der Waals surface area contributed by atoms with E-state index in [0.717, 1.165) is 5.56 Å². The summed E-state index contributed by atoms with van der Waals surface area (Å²) in [5.74, 6) is -2.43. The molecular weight excluding hydrogens is 448 g/mol. The molecule has 5 rings (SSSR count). The van der Waals surface area contributed by atoms with Gasteiger partial charge in [0, 0.05) is 24.4 Å². The fraction of sp³-hybridized carbons (Fsp3) is 0.565. The largest absolute Gasteiger partial charge is 0.481 e. The Kier molecular flexibility index (Phi) is 5.10. The van der Waals surface area contributed by atoms with E-state index in [1.807, 2.05) is 7.05 Å². The molecule has 2 bridgehead atoms. The van der Waals surface area contributed by atoms with E-state index >= 15 is 0 Å². The number of amides is 1. The second-order valence-electron chi connectivity index (χ2n) is 9.59. The molecule has 1 amide bonds. The number of benzene rings is 1. The zero-order valence-corrected chi connectivity index (χ0v) is 18.6. The Labute approximate surface area is 194 Å². The summed E-state index contributed by atoms with van der Waals surface area (Å²) in [4.78, 5) is 49.8. The van der Waals surface area contributed by atoms with Crippen LogP contribution < -0.4 is 14.8 Å². The number of rotatable bonds is 6. The summed E-state index contributed by atoms with van der Waals surface area (Å²) in [6.07, 6.45) is -1.12. The number of likely N-dealkylation sites (tertiary alicyclic amines) is 1. The topological polar surface area (TPSA) is 163 Å². The van der Waals surface area contributed by atoms with E-state index in [0.29, 0.717) is 31.4 Å². The third-order valence-corrected chi connectivity index (χ3v) is 7.95. The van der Waals surface area contributed by atoms with Gasteiger partial charge in [0.25, 0.3) is 0 Å². The number of carbonyl (C=O) groups excluding carboxylic acids is 2. The van der Waals surface area contributed by atoms with Crippen molar-refractivity contribution in [3.63, 3.8) is 0 Å². The van der Waals surface area contributed by atoms with Gasteiger partial charge in [0.15, 0.2) is 23.4 Å². The van der Waals surface area contributed by atoms with E-state index in [1.165, 1.54) is 0 Å². The molecule has 1 aromatic rings. The van der Waals surface area contributed by atoms with Crippen LogP contribution in [0.1, 0.15) is 43.2 Å². The van der Waals surface area contributed by atoms with Gasteiger partial charge in [-0.3, -0.25) is 9.59 Å². The van der Waals surface area contributed by atoms with Gasteiger partial charge < -0.3 is 35.0 Å². The molecule has 2 fully saturated rings. The van der Waals surface area contributed by atoms with Crippen LogP contribution in [0.3, 0.4) is 0 Å². The number of carboxylic acid groups (broad SMARTS) is 2. The molecule has 182 valence electrons. The van der Waals surface area contributed by atoms with E-state index < -0.39 is 47.6 Å². The molecule has 11 heteroatoms. The molecule has 34 heavy (non-hydrogen) atoms. The first-order valence-electron chi connectivity index (χ1n) is 11.3. The standard InChI is InChI=1S/C23H26N2O9/c1-25-9-8-22-17-11-2-4-14(33-21(31)24-12(20(29)30)3-5-16(27)28)18(17)34-19(22)13(26)6-7-23(22,32)15(25)10-11/h2,4,12,15,19,32H,3,5-10H2,1H3,(H,24,31)(H,27,28)(H,29,30)/t12-,15?,19+,22?,23?/m1/s1. The van der Waals surface area contributed by atoms with Gasteiger partial charge in [0.05, 0.1) is 11.0 Å². The van der Waals surface area contributed by atoms with Crippen molar-refractivity contribution < 1.29 is 44.0 Å². The van der Waals surface area contributed by atoms with Crippen LogP contribution in [0.15, 0.2) is 12.1 Å². The van der Waals surface area contributed by atoms with Crippen LogP contribution in [-0.2, 0) is 26.2 Å². The van der Waals surface area contributed by atoms with Crippen molar-refractivity contribution in [2.45, 2.75) is 67.7 Å². The number of hydrogen-bond acceptors (Lipinski definition) is 8. The highest BCUT2D eigenvalue weighted by atomic mass is 16.6. The highest BCUT2D eigenvalue weighted by Gasteiger charge is 2.72. The van der Waals surface area contributed by atoms with Gasteiger partial charge in [-0.1, -0.05) is 6.07 Å². The van der Waals surface area contributed by atoms with Gasteiger partial charge in [-0.15, -0.1) is 0 Å². The maximum absolute atomic E-state index is 12.9. The van der Waals surface area contributed by atoms with Gasteiger partial charge in [0.2, 0.25) is 0 Å². The third kappa shape index (κ3) is 3.03. The molecule has 0 aromatic heterocycles. The van der Waals surface area contributed by atoms with Crippen LogP contribution >= 0.6 is 0 Å². The predicted molar refractivity (Wildman–Crippen MR) is 114 cm³/mol. The maximum Gasteiger partial charge on any atom is 0.413 e. The number of aliphatic carboxylic acids is 2. The number of likely N-dealkylation sites (N-methyl/N-ethyl adjacent to an activating group) is 1. The number of Topliss-reactive ketones (excluding diaryl/α,β-unsaturated/α-hetero) is 1. The quantitative estimate of drug-likeness (QED) is 0.455. The van der Waals surface area contributed by atoms with Crippen molar-refractivity contribution in [2.24, 2.45) is 0 Å². The first kappa shape index (κ1) is 22.6. The summed E-state index contributed by atoms with van der Waals surface area (Å²) in [5, 5.41) is 32.2. The fourth-order valence-electron chi connectivity index (χ4n) is 6.40. The Morgan fingerprint density at radius 2 is 2.06 bits per heavy atom. The van der Waals surface area contributed by atoms with Crippen molar-refractivity contribution in [3.05, 3.63) is 23.3 Å². The lowest BCUT2D eigenvalue weighted by atomic mass is 9.49. The van der Waals surface area contributed by atoms with Crippen molar-refractivity contribution in [1.82, 2.24) is 10.2 Å². The predicted octanol–water partition coefficient (Wildman–Crippen LogP) is 0.446. The summed E-state index contributed by atoms with van der Waals surface area (Å²) in [7, 11) is 1.97. The van der Waals surface area contributed by atoms with Crippen LogP contribution in [0.2, 0.25) is 0 Å². The normalized spacial score (nSPS) is 31.8. The van der Waals surface area contributed by atoms with E-state index in [4.69, 9.17) is 14.6 Å². The van der Waals surface area contributed by atoms with Crippen molar-refractivity contribution in [1.29, 1.82) is 0 Å². The summed E-state index contributed by atoms with van der Waals surface area (Å²) in [6.45, 7) is 0.675. The van der Waals surface area contributed by atoms with Gasteiger partial charge >= 0.3 is 18.0 Å². The van der Waals surface area contributed by atoms with Crippen LogP contribution in [0, 0.1) is 0 Å². The number of carboxylic acids is 2. The minimum Gasteiger partial charge on any atom is -0.481 e. The zero-order chi connectivity index (χ0) is 24.4. The lowest BCUT2D eigenvalue weighted by Gasteiger charge is -2.61. The summed E-state index contributed by atoms with van der Waals surface area (Å²) in [5.41, 5.74) is -0.471. The number of aliphatic hydroxyl groups is 1. The van der Waals surface area contributed by atoms with Crippen molar-refractivity contribution in [2.75, 3.05) is 13.6 Å². The number of nitrogens with zero attached hydrogens (tertiary/aromatic N) is 1. The average Bonchev–Trinajstić information content (AvgIpc) is 3.13. The molecule has 2 aliphatic carbocycles. The molecule has 5 atom stereocenters. The Bertz CT molecular complexity index is 1100. The lowest BCUT2D eigenvalue weighted by molar-refractivity contribution is -0.185. The molecule has 1 aromatic carbocycles. The second kappa shape index (κ2) is 7.67. The number of piperidine rings is 1. The SMILES string of the molecule is CN1CCC23c4c5ccc(OC(=O)N[C@H](CCC(=O)O)C(=O)O)c4O[C@H]2C(=O)CCC3(O)C1C5. The number of carbonyl (C=O) groups is 4. The Balaban J connectivity index is 1.48. The first-order valence-corrected chi connectivity index (χ1v) is 11.3. The smallest absolute Gasteiger partial charge is 0.413 e. The zero-order valence-electron chi connectivity index (χ0n) is 18.6. The van der Waals surface area contributed by atoms with E-state index in [9.17, 15) is 29.4 Å². The summed E-state index contributed by atoms with van der Waals surface area (Å²) in [6, 6.07) is 1.72. The fourth-order valence-corrected chi connectivity index (χ4v) is 6.40. The summed E-state index contributed by atoms with van der Waals surface area (Å²) >= 11 is 0. The molecule has 0 radical (unpaired) electrons. The minimum absolute atomic E-state index is 0.0231. The van der Waals surface area contributed by atoms with E-state index in [1.54, 1.807) is 12.1 Å². The highest BCUT2D eigenvalue weighted by molar-refractivity contribution is 5.90. The van der Waals surface area contributed by atoms with Crippen LogP contribution in [0.5, 0.6) is 11.5 Å². The number of ketones is 1. The van der Waals surface area contributed by atoms with Gasteiger partial charge in [-0.2, -0.15) is 0 Å². The number of nitrogens with one attached hydrogen (secondary N) is 1. The molecule has 1 saturated carbocycles. The molecule has 1 spiro atoms. The second-order valence-corrected chi connectivity index (χ2v) is 9.59. The van der Waals surface area contributed by atoms with Crippen molar-refractivity contribution >= 4 is 23.8 Å². The Morgan fingerprint density at radius 3 is 2.76 bits per heavy atom. The van der Waals surface area contributed by atoms with Gasteiger partial charge in [-0.05, 0) is 50.9 Å². The van der Waals surface area contributed by atoms with Gasteiger partial charge in [0.1, 0.15) is 6.04 Å². The van der Waals surface area contributed by atoms with Crippen molar-refractivity contribution in [3.8, 4) is 11.5 Å². The maximum atomic E-state index is 12.9. The molecule has 2 aliphatic heterocycles. The van der Waals surface area contributed by atoms with E-state index in [2.05, 4.69) is 10.2 Å². The molecule has 4 aliphatic rings. The van der Waals surface area contributed by atoms with Gasteiger partial charge in [-0.25, -0.2) is 9.59 Å². The van der Waals surface area contributed by atoms with E-state index in [-0.39, 0.29) is 36.2 Å². The Morgan fingerprint density at radius 1 is 1.29 bits per heavy atom. The van der Waals surface area contributed by atoms with Crippen LogP contribution in [-0.4, -0.2) is 81.4 Å². The molecule has 4 N–H and O–H groups in total. The van der Waals surface area contributed by atoms with Crippen LogP contribution in [0.4, 0.5) is 4.79 Å². The Hall–Kier alpha value is -3.18. The average molecular weight is 474 g/mol. The number of ether oxygens (including phenoxy) is 2. The van der Waals surface area contributed by atoms with Crippen LogP contribution in [0.25, 0.3) is 0 Å². The molecule has 1 saturated heterocycles. The third-order valence-electron chi connectivity index (χ3n) is 7.95. The highest BCUT2D eigenvalue weighted by Crippen LogP contribution is 2.64. The number of hydrogen-bond donors (Lipinski definition) is 4. The molecular formula is C23H26N2O9. The molecule has 3 unspecified atom stereocenters.